The fourth-order valence-corrected chi connectivity index (χ4v) is 2.54. The van der Waals surface area contributed by atoms with E-state index < -0.39 is 12.1 Å². The topological polar surface area (TPSA) is 72.5 Å². The van der Waals surface area contributed by atoms with Gasteiger partial charge in [-0.05, 0) is 56.5 Å². The Kier molecular flexibility index (Phi) is 4.76. The molecule has 1 unspecified atom stereocenters. The number of halogens is 2. The van der Waals surface area contributed by atoms with E-state index >= 15 is 0 Å². The third-order valence-corrected chi connectivity index (χ3v) is 3.11. The van der Waals surface area contributed by atoms with E-state index in [1.54, 1.807) is 12.1 Å². The molecule has 0 aromatic heterocycles. The molecule has 1 rings (SSSR count). The van der Waals surface area contributed by atoms with Crippen LogP contribution < -0.4 is 10.5 Å². The van der Waals surface area contributed by atoms with Crippen LogP contribution in [-0.4, -0.2) is 17.2 Å². The molecule has 1 aromatic carbocycles. The van der Waals surface area contributed by atoms with Crippen LogP contribution in [0.25, 0.3) is 0 Å². The van der Waals surface area contributed by atoms with E-state index in [-0.39, 0.29) is 0 Å². The van der Waals surface area contributed by atoms with Crippen molar-refractivity contribution in [3.05, 3.63) is 26.6 Å². The molecule has 0 saturated heterocycles. The standard InChI is InChI=1S/C10H11Br2NO3/c1-5(10(14)15)16-9-7(11)2-6(4-13)3-8(9)12/h2-3,5H,4,13H2,1H3,(H,14,15). The average Bonchev–Trinajstić information content (AvgIpc) is 2.22. The van der Waals surface area contributed by atoms with Crippen molar-refractivity contribution in [2.24, 2.45) is 5.73 Å². The van der Waals surface area contributed by atoms with Crippen molar-refractivity contribution in [2.45, 2.75) is 19.6 Å². The van der Waals surface area contributed by atoms with Gasteiger partial charge in [-0.25, -0.2) is 4.79 Å². The lowest BCUT2D eigenvalue weighted by atomic mass is 10.2. The van der Waals surface area contributed by atoms with Crippen LogP contribution in [0.15, 0.2) is 21.1 Å². The van der Waals surface area contributed by atoms with Gasteiger partial charge in [-0.3, -0.25) is 0 Å². The average molecular weight is 353 g/mol. The zero-order chi connectivity index (χ0) is 12.3. The number of hydrogen-bond acceptors (Lipinski definition) is 3. The van der Waals surface area contributed by atoms with Crippen LogP contribution in [-0.2, 0) is 11.3 Å². The van der Waals surface area contributed by atoms with Crippen LogP contribution in [0, 0.1) is 0 Å². The molecule has 0 spiro atoms. The van der Waals surface area contributed by atoms with E-state index in [0.717, 1.165) is 5.56 Å². The molecule has 6 heteroatoms. The van der Waals surface area contributed by atoms with Crippen molar-refractivity contribution in [2.75, 3.05) is 0 Å². The van der Waals surface area contributed by atoms with Gasteiger partial charge in [0.15, 0.2) is 6.10 Å². The summed E-state index contributed by atoms with van der Waals surface area (Å²) in [6, 6.07) is 3.60. The molecule has 1 atom stereocenters. The SMILES string of the molecule is CC(Oc1c(Br)cc(CN)cc1Br)C(=O)O. The zero-order valence-electron chi connectivity index (χ0n) is 8.54. The van der Waals surface area contributed by atoms with E-state index in [1.165, 1.54) is 6.92 Å². The largest absolute Gasteiger partial charge is 0.479 e. The molecule has 1 aromatic rings. The first-order chi connectivity index (χ1) is 7.45. The molecule has 0 saturated carbocycles. The molecular formula is C10H11Br2NO3. The third-order valence-electron chi connectivity index (χ3n) is 1.94. The number of rotatable bonds is 4. The molecular weight excluding hydrogens is 342 g/mol. The quantitative estimate of drug-likeness (QED) is 0.873. The van der Waals surface area contributed by atoms with Gasteiger partial charge in [-0.15, -0.1) is 0 Å². The second-order valence-electron chi connectivity index (χ2n) is 3.19. The number of hydrogen-bond donors (Lipinski definition) is 2. The van der Waals surface area contributed by atoms with Crippen molar-refractivity contribution in [3.8, 4) is 5.75 Å². The van der Waals surface area contributed by atoms with E-state index in [9.17, 15) is 4.79 Å². The third kappa shape index (κ3) is 3.20. The van der Waals surface area contributed by atoms with Crippen molar-refractivity contribution in [3.63, 3.8) is 0 Å². The summed E-state index contributed by atoms with van der Waals surface area (Å²) in [5, 5.41) is 8.75. The molecule has 88 valence electrons. The van der Waals surface area contributed by atoms with Crippen molar-refractivity contribution in [1.29, 1.82) is 0 Å². The molecule has 0 fully saturated rings. The highest BCUT2D eigenvalue weighted by Crippen LogP contribution is 2.35. The summed E-state index contributed by atoms with van der Waals surface area (Å²) in [5.41, 5.74) is 6.44. The molecule has 0 heterocycles. The Labute approximate surface area is 110 Å². The molecule has 3 N–H and O–H groups in total. The van der Waals surface area contributed by atoms with E-state index in [0.29, 0.717) is 21.2 Å². The smallest absolute Gasteiger partial charge is 0.344 e. The fraction of sp³-hybridized carbons (Fsp3) is 0.300. The Hall–Kier alpha value is -0.590. The van der Waals surface area contributed by atoms with Crippen LogP contribution in [0.1, 0.15) is 12.5 Å². The number of benzene rings is 1. The predicted molar refractivity (Wildman–Crippen MR) is 67.5 cm³/mol. The van der Waals surface area contributed by atoms with Gasteiger partial charge in [0, 0.05) is 6.54 Å². The van der Waals surface area contributed by atoms with Crippen molar-refractivity contribution < 1.29 is 14.6 Å². The second-order valence-corrected chi connectivity index (χ2v) is 4.90. The summed E-state index contributed by atoms with van der Waals surface area (Å²) >= 11 is 6.63. The Bertz CT molecular complexity index is 386. The molecule has 0 radical (unpaired) electrons. The lowest BCUT2D eigenvalue weighted by molar-refractivity contribution is -0.144. The fourth-order valence-electron chi connectivity index (χ4n) is 1.07. The Morgan fingerprint density at radius 3 is 2.38 bits per heavy atom. The van der Waals surface area contributed by atoms with Gasteiger partial charge in [0.1, 0.15) is 5.75 Å². The van der Waals surface area contributed by atoms with Gasteiger partial charge in [0.05, 0.1) is 8.95 Å². The molecule has 0 aliphatic carbocycles. The molecule has 0 aliphatic rings. The number of aliphatic carboxylic acids is 1. The minimum atomic E-state index is -1.01. The van der Waals surface area contributed by atoms with Crippen molar-refractivity contribution >= 4 is 37.8 Å². The maximum absolute atomic E-state index is 10.7. The van der Waals surface area contributed by atoms with Gasteiger partial charge in [0.2, 0.25) is 0 Å². The molecule has 16 heavy (non-hydrogen) atoms. The minimum Gasteiger partial charge on any atom is -0.479 e. The minimum absolute atomic E-state index is 0.409. The highest BCUT2D eigenvalue weighted by Gasteiger charge is 2.16. The first kappa shape index (κ1) is 13.5. The Balaban J connectivity index is 3.01. The Morgan fingerprint density at radius 1 is 1.50 bits per heavy atom. The normalized spacial score (nSPS) is 12.2. The summed E-state index contributed by atoms with van der Waals surface area (Å²) in [5.74, 6) is -0.547. The first-order valence-electron chi connectivity index (χ1n) is 4.53. The van der Waals surface area contributed by atoms with Crippen LogP contribution in [0.4, 0.5) is 0 Å². The number of carboxylic acids is 1. The predicted octanol–water partition coefficient (Wildman–Crippen LogP) is 2.52. The number of ether oxygens (including phenoxy) is 1. The molecule has 0 aliphatic heterocycles. The molecule has 4 nitrogen and oxygen atoms in total. The first-order valence-corrected chi connectivity index (χ1v) is 6.11. The highest BCUT2D eigenvalue weighted by atomic mass is 79.9. The van der Waals surface area contributed by atoms with Gasteiger partial charge in [-0.1, -0.05) is 0 Å². The van der Waals surface area contributed by atoms with Gasteiger partial charge >= 0.3 is 5.97 Å². The monoisotopic (exact) mass is 351 g/mol. The van der Waals surface area contributed by atoms with Gasteiger partial charge in [-0.2, -0.15) is 0 Å². The Morgan fingerprint density at radius 2 is 2.00 bits per heavy atom. The summed E-state index contributed by atoms with van der Waals surface area (Å²) in [6.07, 6.45) is -0.906. The van der Waals surface area contributed by atoms with E-state index in [1.807, 2.05) is 0 Å². The number of carbonyl (C=O) groups is 1. The van der Waals surface area contributed by atoms with E-state index in [2.05, 4.69) is 31.9 Å². The zero-order valence-corrected chi connectivity index (χ0v) is 11.7. The van der Waals surface area contributed by atoms with Crippen LogP contribution in [0.2, 0.25) is 0 Å². The molecule has 0 bridgehead atoms. The van der Waals surface area contributed by atoms with E-state index in [4.69, 9.17) is 15.6 Å². The number of carboxylic acid groups (broad SMARTS) is 1. The highest BCUT2D eigenvalue weighted by molar-refractivity contribution is 9.11. The summed E-state index contributed by atoms with van der Waals surface area (Å²) < 4.78 is 6.66. The van der Waals surface area contributed by atoms with Crippen LogP contribution >= 0.6 is 31.9 Å². The van der Waals surface area contributed by atoms with Gasteiger partial charge < -0.3 is 15.6 Å². The van der Waals surface area contributed by atoms with Crippen LogP contribution in [0.3, 0.4) is 0 Å². The van der Waals surface area contributed by atoms with Crippen molar-refractivity contribution in [1.82, 2.24) is 0 Å². The van der Waals surface area contributed by atoms with Crippen LogP contribution in [0.5, 0.6) is 5.75 Å². The maximum Gasteiger partial charge on any atom is 0.344 e. The number of nitrogens with two attached hydrogens (primary N) is 1. The summed E-state index contributed by atoms with van der Waals surface area (Å²) in [6.45, 7) is 1.88. The summed E-state index contributed by atoms with van der Waals surface area (Å²) in [7, 11) is 0. The lowest BCUT2D eigenvalue weighted by Gasteiger charge is -2.14. The van der Waals surface area contributed by atoms with Gasteiger partial charge in [0.25, 0.3) is 0 Å². The maximum atomic E-state index is 10.7. The molecule has 0 amide bonds. The lowest BCUT2D eigenvalue weighted by Crippen LogP contribution is -2.23. The second kappa shape index (κ2) is 5.65. The summed E-state index contributed by atoms with van der Waals surface area (Å²) in [4.78, 5) is 10.7.